The van der Waals surface area contributed by atoms with Crippen LogP contribution in [0.3, 0.4) is 0 Å². The van der Waals surface area contributed by atoms with Crippen molar-refractivity contribution >= 4 is 0 Å². The normalized spacial score (nSPS) is 45.5. The molecule has 4 heteroatoms. The molecule has 0 aromatic heterocycles. The van der Waals surface area contributed by atoms with E-state index >= 15 is 0 Å². The summed E-state index contributed by atoms with van der Waals surface area (Å²) in [6.07, 6.45) is -0.656. The van der Waals surface area contributed by atoms with E-state index in [1.807, 2.05) is 13.8 Å². The van der Waals surface area contributed by atoms with Gasteiger partial charge in [0.2, 0.25) is 0 Å². The summed E-state index contributed by atoms with van der Waals surface area (Å²) in [5.41, 5.74) is 0. The maximum atomic E-state index is 9.59. The molecular formula is C9H18AcO3. The van der Waals surface area contributed by atoms with Crippen molar-refractivity contribution < 1.29 is 59.0 Å². The van der Waals surface area contributed by atoms with E-state index in [9.17, 15) is 10.2 Å². The van der Waals surface area contributed by atoms with Gasteiger partial charge < -0.3 is 14.9 Å². The average molecular weight is 401 g/mol. The van der Waals surface area contributed by atoms with Crippen LogP contribution >= 0.6 is 0 Å². The molecule has 5 atom stereocenters. The predicted molar refractivity (Wildman–Crippen MR) is 45.8 cm³/mol. The fourth-order valence-corrected chi connectivity index (χ4v) is 1.76. The first kappa shape index (κ1) is 14.3. The van der Waals surface area contributed by atoms with Gasteiger partial charge in [-0.15, -0.1) is 0 Å². The maximum absolute atomic E-state index is 9.59. The zero-order valence-electron chi connectivity index (χ0n) is 8.47. The predicted octanol–water partition coefficient (Wildman–Crippen LogP) is 0.542. The molecule has 1 aliphatic heterocycles. The van der Waals surface area contributed by atoms with E-state index in [0.717, 1.165) is 6.42 Å². The van der Waals surface area contributed by atoms with Crippen LogP contribution in [0.2, 0.25) is 0 Å². The van der Waals surface area contributed by atoms with Gasteiger partial charge in [0.05, 0.1) is 18.3 Å². The fourth-order valence-electron chi connectivity index (χ4n) is 1.76. The monoisotopic (exact) mass is 401 g/mol. The Bertz CT molecular complexity index is 149. The van der Waals surface area contributed by atoms with Crippen LogP contribution in [0.5, 0.6) is 0 Å². The largest absolute Gasteiger partial charge is 0.390 e. The molecule has 0 amide bonds. The molecule has 0 aromatic rings. The van der Waals surface area contributed by atoms with Crippen molar-refractivity contribution in [1.29, 1.82) is 0 Å². The van der Waals surface area contributed by atoms with Gasteiger partial charge in [0.15, 0.2) is 0 Å². The van der Waals surface area contributed by atoms with Crippen LogP contribution in [0.15, 0.2) is 0 Å². The number of hydrogen-bond acceptors (Lipinski definition) is 3. The minimum atomic E-state index is -0.734. The van der Waals surface area contributed by atoms with Crippen molar-refractivity contribution in [3.05, 3.63) is 0 Å². The van der Waals surface area contributed by atoms with Gasteiger partial charge in [0.1, 0.15) is 6.10 Å². The summed E-state index contributed by atoms with van der Waals surface area (Å²) in [6.45, 7) is 5.73. The second-order valence-corrected chi connectivity index (χ2v) is 3.63. The maximum Gasteiger partial charge on any atom is 0.106 e. The number of ether oxygens (including phenoxy) is 1. The molecule has 2 unspecified atom stereocenters. The van der Waals surface area contributed by atoms with E-state index in [-0.39, 0.29) is 62.2 Å². The van der Waals surface area contributed by atoms with E-state index in [1.54, 1.807) is 6.92 Å². The van der Waals surface area contributed by atoms with Gasteiger partial charge in [-0.25, -0.2) is 0 Å². The van der Waals surface area contributed by atoms with Crippen LogP contribution in [0.4, 0.5) is 0 Å². The summed E-state index contributed by atoms with van der Waals surface area (Å²) >= 11 is 0. The minimum absolute atomic E-state index is 0. The van der Waals surface area contributed by atoms with E-state index in [0.29, 0.717) is 0 Å². The van der Waals surface area contributed by atoms with Gasteiger partial charge in [-0.1, -0.05) is 13.8 Å². The van der Waals surface area contributed by atoms with Crippen molar-refractivity contribution in [3.63, 3.8) is 0 Å². The summed E-state index contributed by atoms with van der Waals surface area (Å²) in [5.74, 6) is 0.0289. The summed E-state index contributed by atoms with van der Waals surface area (Å²) in [5, 5.41) is 19.0. The molecule has 1 rings (SSSR count). The molecule has 75 valence electrons. The van der Waals surface area contributed by atoms with Crippen molar-refractivity contribution in [3.8, 4) is 0 Å². The van der Waals surface area contributed by atoms with Gasteiger partial charge in [-0.3, -0.25) is 0 Å². The van der Waals surface area contributed by atoms with E-state index in [4.69, 9.17) is 4.74 Å². The van der Waals surface area contributed by atoms with E-state index < -0.39 is 12.2 Å². The number of aliphatic hydroxyl groups is 2. The SMILES string of the molecule is CCC1O[C@@H](C)C(O)[C@@H](O)[C@H]1C.[Ac]. The standard InChI is InChI=1S/C9H18O3.Ac/c1-4-7-5(2)8(10)9(11)6(3)12-7;/h5-11H,4H2,1-3H3;/t5-,6-,7?,8-,9?;/m0./s1. The fraction of sp³-hybridized carbons (Fsp3) is 1.00. The first-order valence-electron chi connectivity index (χ1n) is 4.59. The first-order valence-corrected chi connectivity index (χ1v) is 4.59. The number of hydrogen-bond donors (Lipinski definition) is 2. The average Bonchev–Trinajstić information content (AvgIpc) is 2.08. The molecule has 0 bridgehead atoms. The molecule has 1 radical (unpaired) electrons. The third-order valence-electron chi connectivity index (χ3n) is 2.75. The van der Waals surface area contributed by atoms with Crippen molar-refractivity contribution in [2.75, 3.05) is 0 Å². The van der Waals surface area contributed by atoms with Gasteiger partial charge in [0.25, 0.3) is 0 Å². The quantitative estimate of drug-likeness (QED) is 0.675. The smallest absolute Gasteiger partial charge is 0.106 e. The minimum Gasteiger partial charge on any atom is -0.390 e. The van der Waals surface area contributed by atoms with Crippen LogP contribution in [-0.4, -0.2) is 34.6 Å². The van der Waals surface area contributed by atoms with Crippen molar-refractivity contribution in [2.24, 2.45) is 5.92 Å². The summed E-state index contributed by atoms with van der Waals surface area (Å²) in [7, 11) is 0. The van der Waals surface area contributed by atoms with E-state index in [1.165, 1.54) is 0 Å². The Morgan fingerprint density at radius 2 is 1.69 bits per heavy atom. The topological polar surface area (TPSA) is 49.7 Å². The molecule has 0 aromatic carbocycles. The Balaban J connectivity index is 0.00000144. The van der Waals surface area contributed by atoms with Gasteiger partial charge in [-0.05, 0) is 13.3 Å². The van der Waals surface area contributed by atoms with Crippen LogP contribution in [0, 0.1) is 50.0 Å². The van der Waals surface area contributed by atoms with Crippen LogP contribution < -0.4 is 0 Å². The van der Waals surface area contributed by atoms with E-state index in [2.05, 4.69) is 0 Å². The summed E-state index contributed by atoms with van der Waals surface area (Å²) in [4.78, 5) is 0. The molecule has 0 spiro atoms. The van der Waals surface area contributed by atoms with Crippen molar-refractivity contribution in [2.45, 2.75) is 51.6 Å². The first-order chi connectivity index (χ1) is 5.57. The van der Waals surface area contributed by atoms with Gasteiger partial charge in [0, 0.05) is 50.0 Å². The zero-order valence-corrected chi connectivity index (χ0v) is 13.2. The molecule has 2 N–H and O–H groups in total. The van der Waals surface area contributed by atoms with Gasteiger partial charge in [-0.2, -0.15) is 0 Å². The molecule has 1 heterocycles. The Kier molecular flexibility index (Phi) is 6.64. The molecule has 1 saturated heterocycles. The van der Waals surface area contributed by atoms with Gasteiger partial charge >= 0.3 is 0 Å². The molecule has 0 saturated carbocycles. The Morgan fingerprint density at radius 1 is 1.15 bits per heavy atom. The number of rotatable bonds is 1. The molecule has 3 nitrogen and oxygen atoms in total. The molecule has 13 heavy (non-hydrogen) atoms. The zero-order chi connectivity index (χ0) is 9.30. The second-order valence-electron chi connectivity index (χ2n) is 3.63. The summed E-state index contributed by atoms with van der Waals surface area (Å²) in [6, 6.07) is 0. The summed E-state index contributed by atoms with van der Waals surface area (Å²) < 4.78 is 5.52. The third-order valence-corrected chi connectivity index (χ3v) is 2.75. The molecular weight excluding hydrogens is 383 g/mol. The van der Waals surface area contributed by atoms with Crippen LogP contribution in [0.1, 0.15) is 27.2 Å². The Labute approximate surface area is 115 Å². The van der Waals surface area contributed by atoms with Crippen LogP contribution in [-0.2, 0) is 4.74 Å². The molecule has 1 aliphatic rings. The van der Waals surface area contributed by atoms with Crippen molar-refractivity contribution in [1.82, 2.24) is 0 Å². The number of aliphatic hydroxyl groups excluding tert-OH is 2. The Morgan fingerprint density at radius 3 is 2.15 bits per heavy atom. The third kappa shape index (κ3) is 3.14. The van der Waals surface area contributed by atoms with Crippen LogP contribution in [0.25, 0.3) is 0 Å². The Hall–Kier alpha value is 1.32. The second kappa shape index (κ2) is 6.03. The molecule has 1 fully saturated rings. The molecule has 0 aliphatic carbocycles.